The Morgan fingerprint density at radius 2 is 1.76 bits per heavy atom. The number of furan rings is 1. The van der Waals surface area contributed by atoms with Crippen LogP contribution in [0.3, 0.4) is 0 Å². The van der Waals surface area contributed by atoms with E-state index in [2.05, 4.69) is 44.3 Å². The van der Waals surface area contributed by atoms with Crippen LogP contribution >= 0.6 is 0 Å². The molecule has 0 aliphatic rings. The highest BCUT2D eigenvalue weighted by Gasteiger charge is 2.17. The Morgan fingerprint density at radius 3 is 2.29 bits per heavy atom. The molecular formula is C15H19NO. The molecule has 2 rings (SSSR count). The molecule has 2 heteroatoms. The van der Waals surface area contributed by atoms with E-state index >= 15 is 0 Å². The fraction of sp³-hybridized carbons (Fsp3) is 0.333. The molecule has 0 bridgehead atoms. The molecule has 1 aromatic carbocycles. The van der Waals surface area contributed by atoms with Crippen LogP contribution in [0.25, 0.3) is 0 Å². The summed E-state index contributed by atoms with van der Waals surface area (Å²) in [5, 5.41) is 3.31. The monoisotopic (exact) mass is 229 g/mol. The van der Waals surface area contributed by atoms with E-state index in [-0.39, 0.29) is 6.04 Å². The van der Waals surface area contributed by atoms with Crippen LogP contribution in [0.1, 0.15) is 34.1 Å². The molecule has 1 N–H and O–H groups in total. The van der Waals surface area contributed by atoms with E-state index in [1.165, 1.54) is 22.3 Å². The molecule has 0 aliphatic heterocycles. The van der Waals surface area contributed by atoms with Gasteiger partial charge >= 0.3 is 0 Å². The molecular weight excluding hydrogens is 210 g/mol. The highest BCUT2D eigenvalue weighted by molar-refractivity contribution is 5.36. The van der Waals surface area contributed by atoms with Gasteiger partial charge in [0.15, 0.2) is 0 Å². The van der Waals surface area contributed by atoms with Crippen molar-refractivity contribution in [1.29, 1.82) is 0 Å². The predicted molar refractivity (Wildman–Crippen MR) is 70.3 cm³/mol. The van der Waals surface area contributed by atoms with Gasteiger partial charge in [-0.2, -0.15) is 0 Å². The Balaban J connectivity index is 2.42. The van der Waals surface area contributed by atoms with E-state index in [4.69, 9.17) is 4.42 Å². The Bertz CT molecular complexity index is 513. The van der Waals surface area contributed by atoms with Crippen molar-refractivity contribution in [1.82, 2.24) is 5.32 Å². The lowest BCUT2D eigenvalue weighted by atomic mass is 9.98. The minimum absolute atomic E-state index is 0.129. The van der Waals surface area contributed by atoms with E-state index in [1.807, 2.05) is 13.1 Å². The largest absolute Gasteiger partial charge is 0.467 e. The average molecular weight is 229 g/mol. The van der Waals surface area contributed by atoms with Crippen molar-refractivity contribution in [3.05, 3.63) is 58.5 Å². The summed E-state index contributed by atoms with van der Waals surface area (Å²) in [4.78, 5) is 0. The first-order valence-electron chi connectivity index (χ1n) is 5.92. The predicted octanol–water partition coefficient (Wildman–Crippen LogP) is 3.51. The lowest BCUT2D eigenvalue weighted by Gasteiger charge is -2.16. The zero-order valence-corrected chi connectivity index (χ0v) is 10.9. The lowest BCUT2D eigenvalue weighted by Crippen LogP contribution is -2.18. The Kier molecular flexibility index (Phi) is 3.34. The Hall–Kier alpha value is -1.54. The van der Waals surface area contributed by atoms with Crippen molar-refractivity contribution >= 4 is 0 Å². The zero-order valence-electron chi connectivity index (χ0n) is 10.9. The van der Waals surface area contributed by atoms with Gasteiger partial charge in [-0.05, 0) is 56.1 Å². The second-order valence-electron chi connectivity index (χ2n) is 4.53. The maximum atomic E-state index is 5.58. The van der Waals surface area contributed by atoms with Crippen LogP contribution in [-0.4, -0.2) is 7.05 Å². The summed E-state index contributed by atoms with van der Waals surface area (Å²) >= 11 is 0. The van der Waals surface area contributed by atoms with Crippen LogP contribution in [-0.2, 0) is 0 Å². The molecule has 1 unspecified atom stereocenters. The molecule has 90 valence electrons. The first-order chi connectivity index (χ1) is 8.13. The van der Waals surface area contributed by atoms with Crippen LogP contribution in [0.5, 0.6) is 0 Å². The van der Waals surface area contributed by atoms with E-state index in [0.717, 1.165) is 5.76 Å². The highest BCUT2D eigenvalue weighted by atomic mass is 16.3. The second-order valence-corrected chi connectivity index (χ2v) is 4.53. The van der Waals surface area contributed by atoms with Crippen LogP contribution in [0, 0.1) is 20.8 Å². The van der Waals surface area contributed by atoms with Crippen LogP contribution < -0.4 is 5.32 Å². The number of hydrogen-bond donors (Lipinski definition) is 1. The molecule has 2 aromatic rings. The maximum absolute atomic E-state index is 5.58. The molecule has 0 spiro atoms. The van der Waals surface area contributed by atoms with Crippen LogP contribution in [0.2, 0.25) is 0 Å². The van der Waals surface area contributed by atoms with Gasteiger partial charge in [-0.1, -0.05) is 18.2 Å². The van der Waals surface area contributed by atoms with Crippen LogP contribution in [0.15, 0.2) is 34.9 Å². The topological polar surface area (TPSA) is 25.2 Å². The van der Waals surface area contributed by atoms with Crippen LogP contribution in [0.4, 0.5) is 0 Å². The minimum Gasteiger partial charge on any atom is -0.467 e. The molecule has 1 atom stereocenters. The molecule has 2 nitrogen and oxygen atoms in total. The van der Waals surface area contributed by atoms with Crippen molar-refractivity contribution in [2.75, 3.05) is 7.05 Å². The number of rotatable bonds is 3. The third-order valence-corrected chi connectivity index (χ3v) is 3.32. The third-order valence-electron chi connectivity index (χ3n) is 3.32. The average Bonchev–Trinajstić information content (AvgIpc) is 2.71. The Labute approximate surface area is 103 Å². The van der Waals surface area contributed by atoms with Gasteiger partial charge in [0, 0.05) is 0 Å². The number of nitrogens with one attached hydrogen (secondary N) is 1. The molecule has 0 saturated heterocycles. The van der Waals surface area contributed by atoms with Crippen molar-refractivity contribution < 1.29 is 4.42 Å². The lowest BCUT2D eigenvalue weighted by molar-refractivity contribution is 0.460. The molecule has 1 aromatic heterocycles. The van der Waals surface area contributed by atoms with E-state index in [1.54, 1.807) is 6.26 Å². The standard InChI is InChI=1S/C15H19NO/c1-10-5-6-13(9-12(10)3)14(16-4)15-11(2)7-8-17-15/h5-9,14,16H,1-4H3. The summed E-state index contributed by atoms with van der Waals surface area (Å²) in [5.41, 5.74) is 5.06. The highest BCUT2D eigenvalue weighted by Crippen LogP contribution is 2.26. The summed E-state index contributed by atoms with van der Waals surface area (Å²) in [7, 11) is 1.96. The summed E-state index contributed by atoms with van der Waals surface area (Å²) in [6.45, 7) is 6.34. The smallest absolute Gasteiger partial charge is 0.128 e. The molecule has 0 saturated carbocycles. The van der Waals surface area contributed by atoms with Crippen molar-refractivity contribution in [3.8, 4) is 0 Å². The molecule has 0 radical (unpaired) electrons. The molecule has 0 amide bonds. The van der Waals surface area contributed by atoms with Gasteiger partial charge in [0.1, 0.15) is 5.76 Å². The summed E-state index contributed by atoms with van der Waals surface area (Å²) in [6.07, 6.45) is 1.75. The van der Waals surface area contributed by atoms with Crippen molar-refractivity contribution in [3.63, 3.8) is 0 Å². The second kappa shape index (κ2) is 4.76. The fourth-order valence-electron chi connectivity index (χ4n) is 2.07. The molecule has 1 heterocycles. The zero-order chi connectivity index (χ0) is 12.4. The molecule has 0 fully saturated rings. The SMILES string of the molecule is CNC(c1ccc(C)c(C)c1)c1occc1C. The van der Waals surface area contributed by atoms with Gasteiger partial charge in [0.25, 0.3) is 0 Å². The first kappa shape index (κ1) is 11.9. The fourth-order valence-corrected chi connectivity index (χ4v) is 2.07. The van der Waals surface area contributed by atoms with Crippen molar-refractivity contribution in [2.24, 2.45) is 0 Å². The number of hydrogen-bond acceptors (Lipinski definition) is 2. The first-order valence-corrected chi connectivity index (χ1v) is 5.92. The van der Waals surface area contributed by atoms with E-state index in [0.29, 0.717) is 0 Å². The van der Waals surface area contributed by atoms with Gasteiger partial charge in [-0.25, -0.2) is 0 Å². The van der Waals surface area contributed by atoms with Crippen molar-refractivity contribution in [2.45, 2.75) is 26.8 Å². The number of aryl methyl sites for hydroxylation is 3. The van der Waals surface area contributed by atoms with E-state index < -0.39 is 0 Å². The maximum Gasteiger partial charge on any atom is 0.128 e. The van der Waals surface area contributed by atoms with Gasteiger partial charge in [0.2, 0.25) is 0 Å². The molecule has 17 heavy (non-hydrogen) atoms. The van der Waals surface area contributed by atoms with Gasteiger partial charge in [0.05, 0.1) is 12.3 Å². The normalized spacial score (nSPS) is 12.7. The van der Waals surface area contributed by atoms with Gasteiger partial charge in [-0.3, -0.25) is 0 Å². The van der Waals surface area contributed by atoms with Gasteiger partial charge in [-0.15, -0.1) is 0 Å². The number of benzene rings is 1. The third kappa shape index (κ3) is 2.27. The van der Waals surface area contributed by atoms with Gasteiger partial charge < -0.3 is 9.73 Å². The minimum atomic E-state index is 0.129. The molecule has 0 aliphatic carbocycles. The Morgan fingerprint density at radius 1 is 1.00 bits per heavy atom. The summed E-state index contributed by atoms with van der Waals surface area (Å²) in [6, 6.07) is 8.67. The quantitative estimate of drug-likeness (QED) is 0.871. The summed E-state index contributed by atoms with van der Waals surface area (Å²) < 4.78 is 5.58. The van der Waals surface area contributed by atoms with E-state index in [9.17, 15) is 0 Å². The summed E-state index contributed by atoms with van der Waals surface area (Å²) in [5.74, 6) is 0.996.